The van der Waals surface area contributed by atoms with Crippen molar-refractivity contribution < 1.29 is 9.59 Å². The van der Waals surface area contributed by atoms with E-state index in [2.05, 4.69) is 20.0 Å². The fraction of sp³-hybridized carbons (Fsp3) is 0.321. The number of aryl methyl sites for hydroxylation is 4. The fourth-order valence-corrected chi connectivity index (χ4v) is 5.58. The summed E-state index contributed by atoms with van der Waals surface area (Å²) in [7, 11) is 3.49. The van der Waals surface area contributed by atoms with Crippen LogP contribution in [0.3, 0.4) is 0 Å². The van der Waals surface area contributed by atoms with Crippen molar-refractivity contribution >= 4 is 29.5 Å². The molecule has 0 atom stereocenters. The van der Waals surface area contributed by atoms with Gasteiger partial charge in [0.25, 0.3) is 11.5 Å². The lowest BCUT2D eigenvalue weighted by atomic mass is 10.0. The number of aromatic nitrogens is 5. The topological polar surface area (TPSA) is 107 Å². The van der Waals surface area contributed by atoms with Crippen molar-refractivity contribution in [3.05, 3.63) is 75.2 Å². The molecule has 0 spiro atoms. The first-order valence-electron chi connectivity index (χ1n) is 12.8. The van der Waals surface area contributed by atoms with Crippen molar-refractivity contribution in [2.45, 2.75) is 39.2 Å². The zero-order valence-electron chi connectivity index (χ0n) is 21.7. The van der Waals surface area contributed by atoms with Gasteiger partial charge in [-0.1, -0.05) is 0 Å². The molecule has 0 saturated heterocycles. The molecular formula is C28H29N7O3. The Hall–Kier alpha value is -4.47. The second-order valence-corrected chi connectivity index (χ2v) is 10.0. The number of rotatable bonds is 5. The smallest absolute Gasteiger partial charge is 0.274 e. The van der Waals surface area contributed by atoms with Gasteiger partial charge in [-0.25, -0.2) is 4.98 Å². The van der Waals surface area contributed by atoms with Gasteiger partial charge in [0.05, 0.1) is 11.1 Å². The lowest BCUT2D eigenvalue weighted by Crippen LogP contribution is -2.39. The summed E-state index contributed by atoms with van der Waals surface area (Å²) in [4.78, 5) is 45.1. The van der Waals surface area contributed by atoms with Crippen LogP contribution in [0.5, 0.6) is 0 Å². The molecule has 0 aromatic carbocycles. The van der Waals surface area contributed by atoms with Crippen LogP contribution in [0.1, 0.15) is 50.6 Å². The zero-order chi connectivity index (χ0) is 26.6. The zero-order valence-corrected chi connectivity index (χ0v) is 21.7. The van der Waals surface area contributed by atoms with E-state index in [-0.39, 0.29) is 11.5 Å². The number of carbonyl (C=O) groups excluding carboxylic acids is 2. The Kier molecular flexibility index (Phi) is 5.74. The molecule has 0 unspecified atom stereocenters. The molecule has 2 aliphatic rings. The molecule has 0 fully saturated rings. The Morgan fingerprint density at radius 3 is 2.63 bits per heavy atom. The highest BCUT2D eigenvalue weighted by atomic mass is 16.2. The average Bonchev–Trinajstić information content (AvgIpc) is 3.45. The van der Waals surface area contributed by atoms with Crippen molar-refractivity contribution in [1.29, 1.82) is 0 Å². The first-order chi connectivity index (χ1) is 18.4. The summed E-state index contributed by atoms with van der Waals surface area (Å²) < 4.78 is 5.48. The number of aldehydes is 1. The van der Waals surface area contributed by atoms with E-state index in [1.54, 1.807) is 41.2 Å². The number of hydrogen-bond donors (Lipinski definition) is 1. The number of fused-ring (bicyclic) bond motifs is 3. The Labute approximate surface area is 219 Å². The van der Waals surface area contributed by atoms with Crippen LogP contribution in [0, 0.1) is 6.92 Å². The van der Waals surface area contributed by atoms with Crippen molar-refractivity contribution in [3.8, 4) is 11.1 Å². The van der Waals surface area contributed by atoms with Gasteiger partial charge in [-0.3, -0.25) is 24.0 Å². The second-order valence-electron chi connectivity index (χ2n) is 10.0. The van der Waals surface area contributed by atoms with Crippen LogP contribution < -0.4 is 15.8 Å². The molecule has 0 radical (unpaired) electrons. The molecule has 6 heterocycles. The van der Waals surface area contributed by atoms with E-state index in [9.17, 15) is 14.4 Å². The minimum atomic E-state index is -0.226. The normalized spacial score (nSPS) is 14.8. The van der Waals surface area contributed by atoms with Crippen LogP contribution in [-0.4, -0.2) is 42.6 Å². The van der Waals surface area contributed by atoms with E-state index in [4.69, 9.17) is 0 Å². The summed E-state index contributed by atoms with van der Waals surface area (Å²) in [6, 6.07) is 7.30. The maximum Gasteiger partial charge on any atom is 0.274 e. The minimum absolute atomic E-state index is 0.130. The van der Waals surface area contributed by atoms with E-state index in [1.807, 2.05) is 26.1 Å². The number of nitrogens with one attached hydrogen (secondary N) is 1. The van der Waals surface area contributed by atoms with E-state index in [0.717, 1.165) is 43.5 Å². The SMILES string of the molecule is Cc1cc(Nc2cc(-c3ccnc(N4CCc5c(cc6n5CCCC6)C4=O)c3C=O)cn(C)c2=O)nn1C. The van der Waals surface area contributed by atoms with Crippen LogP contribution in [0.2, 0.25) is 0 Å². The summed E-state index contributed by atoms with van der Waals surface area (Å²) in [5.41, 5.74) is 5.61. The van der Waals surface area contributed by atoms with Gasteiger partial charge < -0.3 is 14.5 Å². The van der Waals surface area contributed by atoms with Crippen LogP contribution in [-0.2, 0) is 33.5 Å². The lowest BCUT2D eigenvalue weighted by Gasteiger charge is -2.29. The predicted octanol–water partition coefficient (Wildman–Crippen LogP) is 3.39. The van der Waals surface area contributed by atoms with Crippen LogP contribution in [0.25, 0.3) is 11.1 Å². The molecule has 10 heteroatoms. The molecule has 0 aliphatic carbocycles. The number of anilines is 3. The first-order valence-corrected chi connectivity index (χ1v) is 12.8. The number of pyridine rings is 2. The summed E-state index contributed by atoms with van der Waals surface area (Å²) >= 11 is 0. The highest BCUT2D eigenvalue weighted by Gasteiger charge is 2.33. The highest BCUT2D eigenvalue weighted by Crippen LogP contribution is 2.34. The molecule has 2 aliphatic heterocycles. The molecule has 0 saturated carbocycles. The molecule has 1 amide bonds. The van der Waals surface area contributed by atoms with Crippen LogP contribution in [0.15, 0.2) is 41.5 Å². The molecule has 0 bridgehead atoms. The average molecular weight is 512 g/mol. The third-order valence-electron chi connectivity index (χ3n) is 7.62. The van der Waals surface area contributed by atoms with Crippen molar-refractivity contribution in [2.75, 3.05) is 16.8 Å². The van der Waals surface area contributed by atoms with Gasteiger partial charge in [-0.15, -0.1) is 0 Å². The first kappa shape index (κ1) is 23.9. The Morgan fingerprint density at radius 1 is 1.03 bits per heavy atom. The molecule has 4 aromatic rings. The van der Waals surface area contributed by atoms with E-state index in [0.29, 0.717) is 52.5 Å². The number of hydrogen-bond acceptors (Lipinski definition) is 6. The number of nitrogens with zero attached hydrogens (tertiary/aromatic N) is 6. The van der Waals surface area contributed by atoms with Gasteiger partial charge in [0, 0.05) is 74.7 Å². The third-order valence-corrected chi connectivity index (χ3v) is 7.62. The summed E-state index contributed by atoms with van der Waals surface area (Å²) in [6.45, 7) is 3.33. The van der Waals surface area contributed by atoms with E-state index in [1.165, 1.54) is 10.3 Å². The standard InChI is InChI=1S/C28H29N7O3/c1-17-12-25(31-33(17)3)30-23-13-18(15-32(2)28(23)38)20-7-9-29-26(22(20)16-36)35-11-8-24-21(27(35)37)14-19-6-4-5-10-34(19)24/h7,9,12-16H,4-6,8,10-11H2,1-3H3,(H,30,31). The molecule has 4 aromatic heterocycles. The molecule has 10 nitrogen and oxygen atoms in total. The van der Waals surface area contributed by atoms with E-state index < -0.39 is 0 Å². The summed E-state index contributed by atoms with van der Waals surface area (Å²) in [6.07, 6.45) is 7.98. The largest absolute Gasteiger partial charge is 0.348 e. The summed E-state index contributed by atoms with van der Waals surface area (Å²) in [5.74, 6) is 0.755. The monoisotopic (exact) mass is 511 g/mol. The van der Waals surface area contributed by atoms with Crippen molar-refractivity contribution in [2.24, 2.45) is 14.1 Å². The minimum Gasteiger partial charge on any atom is -0.348 e. The van der Waals surface area contributed by atoms with Gasteiger partial charge in [-0.05, 0) is 49.9 Å². The van der Waals surface area contributed by atoms with Gasteiger partial charge in [0.1, 0.15) is 11.5 Å². The lowest BCUT2D eigenvalue weighted by molar-refractivity contribution is 0.0979. The van der Waals surface area contributed by atoms with Crippen LogP contribution >= 0.6 is 0 Å². The third kappa shape index (κ3) is 3.84. The molecule has 1 N–H and O–H groups in total. The van der Waals surface area contributed by atoms with Gasteiger partial charge in [0.2, 0.25) is 0 Å². The maximum atomic E-state index is 13.6. The van der Waals surface area contributed by atoms with Gasteiger partial charge in [0.15, 0.2) is 12.1 Å². The summed E-state index contributed by atoms with van der Waals surface area (Å²) in [5, 5.41) is 7.49. The molecule has 6 rings (SSSR count). The highest BCUT2D eigenvalue weighted by molar-refractivity contribution is 6.10. The van der Waals surface area contributed by atoms with Gasteiger partial charge >= 0.3 is 0 Å². The molecular weight excluding hydrogens is 482 g/mol. The molecule has 194 valence electrons. The number of carbonyl (C=O) groups is 2. The van der Waals surface area contributed by atoms with Crippen LogP contribution in [0.4, 0.5) is 17.3 Å². The Morgan fingerprint density at radius 2 is 1.87 bits per heavy atom. The molecule has 38 heavy (non-hydrogen) atoms. The van der Waals surface area contributed by atoms with Crippen molar-refractivity contribution in [1.82, 2.24) is 23.9 Å². The van der Waals surface area contributed by atoms with E-state index >= 15 is 0 Å². The fourth-order valence-electron chi connectivity index (χ4n) is 5.58. The predicted molar refractivity (Wildman–Crippen MR) is 144 cm³/mol. The van der Waals surface area contributed by atoms with Gasteiger partial charge in [-0.2, -0.15) is 5.10 Å². The second kappa shape index (κ2) is 9.13. The Bertz CT molecular complexity index is 1640. The maximum absolute atomic E-state index is 13.6. The number of amides is 1. The quantitative estimate of drug-likeness (QED) is 0.412. The Balaban J connectivity index is 1.40. The van der Waals surface area contributed by atoms with Crippen molar-refractivity contribution in [3.63, 3.8) is 0 Å².